The zero-order chi connectivity index (χ0) is 17.4. The van der Waals surface area contributed by atoms with Crippen LogP contribution in [-0.2, 0) is 6.42 Å². The maximum absolute atomic E-state index is 12.5. The van der Waals surface area contributed by atoms with Crippen molar-refractivity contribution in [2.24, 2.45) is 0 Å². The fourth-order valence-electron chi connectivity index (χ4n) is 2.72. The first kappa shape index (κ1) is 18.0. The lowest BCUT2D eigenvalue weighted by atomic mass is 10.0. The molecule has 0 bridgehead atoms. The molecular formula is C20H26N2O2. The molecular weight excluding hydrogens is 300 g/mol. The highest BCUT2D eigenvalue weighted by Gasteiger charge is 2.15. The fourth-order valence-corrected chi connectivity index (χ4v) is 2.72. The third-order valence-electron chi connectivity index (χ3n) is 4.02. The number of aryl methyl sites for hydroxylation is 1. The van der Waals surface area contributed by atoms with Crippen LogP contribution in [0.15, 0.2) is 42.6 Å². The number of carbonyl (C=O) groups excluding carboxylic acids is 1. The van der Waals surface area contributed by atoms with E-state index in [4.69, 9.17) is 4.74 Å². The van der Waals surface area contributed by atoms with E-state index in [0.717, 1.165) is 37.1 Å². The largest absolute Gasteiger partial charge is 0.497 e. The summed E-state index contributed by atoms with van der Waals surface area (Å²) in [5, 5.41) is 3.17. The Hall–Kier alpha value is -2.36. The first-order chi connectivity index (χ1) is 11.6. The highest BCUT2D eigenvalue weighted by atomic mass is 16.5. The molecule has 1 heterocycles. The number of hydrogen-bond acceptors (Lipinski definition) is 3. The number of pyridine rings is 1. The Morgan fingerprint density at radius 1 is 1.29 bits per heavy atom. The summed E-state index contributed by atoms with van der Waals surface area (Å²) in [7, 11) is 1.67. The molecule has 1 N–H and O–H groups in total. The van der Waals surface area contributed by atoms with E-state index in [1.54, 1.807) is 19.4 Å². The van der Waals surface area contributed by atoms with Crippen molar-refractivity contribution in [3.05, 3.63) is 59.4 Å². The predicted molar refractivity (Wildman–Crippen MR) is 96.5 cm³/mol. The summed E-state index contributed by atoms with van der Waals surface area (Å²) < 4.78 is 5.29. The minimum Gasteiger partial charge on any atom is -0.497 e. The van der Waals surface area contributed by atoms with Crippen LogP contribution in [0, 0.1) is 6.92 Å². The van der Waals surface area contributed by atoms with Gasteiger partial charge in [0.25, 0.3) is 5.91 Å². The molecule has 2 rings (SSSR count). The van der Waals surface area contributed by atoms with Gasteiger partial charge in [-0.25, -0.2) is 0 Å². The first-order valence-corrected chi connectivity index (χ1v) is 8.48. The number of nitrogens with one attached hydrogen (secondary N) is 1. The standard InChI is InChI=1S/C20H26N2O2/c1-4-5-8-18(13-16-7-6-9-19(14-16)24-3)22-20(23)17-10-11-21-15(2)12-17/h6-7,9-12,14,18H,4-5,8,13H2,1-3H3,(H,22,23). The van der Waals surface area contributed by atoms with Crippen LogP contribution >= 0.6 is 0 Å². The van der Waals surface area contributed by atoms with Gasteiger partial charge in [0.2, 0.25) is 0 Å². The van der Waals surface area contributed by atoms with E-state index >= 15 is 0 Å². The molecule has 4 heteroatoms. The van der Waals surface area contributed by atoms with Crippen LogP contribution in [0.3, 0.4) is 0 Å². The summed E-state index contributed by atoms with van der Waals surface area (Å²) in [6, 6.07) is 11.7. The van der Waals surface area contributed by atoms with Gasteiger partial charge in [-0.2, -0.15) is 0 Å². The van der Waals surface area contributed by atoms with Gasteiger partial charge in [-0.15, -0.1) is 0 Å². The van der Waals surface area contributed by atoms with Gasteiger partial charge in [-0.1, -0.05) is 31.9 Å². The number of rotatable bonds is 8. The number of nitrogens with zero attached hydrogens (tertiary/aromatic N) is 1. The normalized spacial score (nSPS) is 11.8. The summed E-state index contributed by atoms with van der Waals surface area (Å²) in [6.07, 6.45) is 5.63. The molecule has 1 aromatic heterocycles. The zero-order valence-corrected chi connectivity index (χ0v) is 14.7. The van der Waals surface area contributed by atoms with E-state index in [1.165, 1.54) is 5.56 Å². The van der Waals surface area contributed by atoms with Crippen molar-refractivity contribution in [1.82, 2.24) is 10.3 Å². The minimum atomic E-state index is -0.0375. The van der Waals surface area contributed by atoms with E-state index < -0.39 is 0 Å². The number of carbonyl (C=O) groups is 1. The second-order valence-corrected chi connectivity index (χ2v) is 6.05. The molecule has 0 fully saturated rings. The van der Waals surface area contributed by atoms with E-state index in [2.05, 4.69) is 23.3 Å². The molecule has 0 aliphatic heterocycles. The maximum atomic E-state index is 12.5. The summed E-state index contributed by atoms with van der Waals surface area (Å²) in [5.74, 6) is 0.808. The van der Waals surface area contributed by atoms with Crippen LogP contribution in [0.2, 0.25) is 0 Å². The third-order valence-corrected chi connectivity index (χ3v) is 4.02. The molecule has 24 heavy (non-hydrogen) atoms. The molecule has 0 aliphatic carbocycles. The Kier molecular flexibility index (Phi) is 6.79. The Morgan fingerprint density at radius 2 is 2.12 bits per heavy atom. The monoisotopic (exact) mass is 326 g/mol. The molecule has 0 aliphatic rings. The van der Waals surface area contributed by atoms with Gasteiger partial charge >= 0.3 is 0 Å². The topological polar surface area (TPSA) is 51.2 Å². The van der Waals surface area contributed by atoms with Crippen molar-refractivity contribution >= 4 is 5.91 Å². The van der Waals surface area contributed by atoms with Gasteiger partial charge < -0.3 is 10.1 Å². The molecule has 2 aromatic rings. The number of methoxy groups -OCH3 is 1. The molecule has 1 unspecified atom stereocenters. The van der Waals surface area contributed by atoms with E-state index in [-0.39, 0.29) is 11.9 Å². The summed E-state index contributed by atoms with van der Waals surface area (Å²) in [4.78, 5) is 16.7. The van der Waals surface area contributed by atoms with Crippen molar-refractivity contribution < 1.29 is 9.53 Å². The lowest BCUT2D eigenvalue weighted by Crippen LogP contribution is -2.36. The number of benzene rings is 1. The van der Waals surface area contributed by atoms with Crippen LogP contribution in [0.4, 0.5) is 0 Å². The third kappa shape index (κ3) is 5.37. The summed E-state index contributed by atoms with van der Waals surface area (Å²) in [5.41, 5.74) is 2.68. The predicted octanol–water partition coefficient (Wildman–Crippen LogP) is 3.93. The van der Waals surface area contributed by atoms with E-state index in [9.17, 15) is 4.79 Å². The van der Waals surface area contributed by atoms with E-state index in [1.807, 2.05) is 31.2 Å². The van der Waals surface area contributed by atoms with Crippen molar-refractivity contribution in [2.45, 2.75) is 45.6 Å². The number of hydrogen-bond donors (Lipinski definition) is 1. The molecule has 0 radical (unpaired) electrons. The second-order valence-electron chi connectivity index (χ2n) is 6.05. The molecule has 0 saturated carbocycles. The molecule has 4 nitrogen and oxygen atoms in total. The molecule has 128 valence electrons. The smallest absolute Gasteiger partial charge is 0.251 e. The SMILES string of the molecule is CCCCC(Cc1cccc(OC)c1)NC(=O)c1ccnc(C)c1. The average molecular weight is 326 g/mol. The average Bonchev–Trinajstić information content (AvgIpc) is 2.59. The van der Waals surface area contributed by atoms with Crippen LogP contribution in [0.25, 0.3) is 0 Å². The quantitative estimate of drug-likeness (QED) is 0.799. The number of ether oxygens (including phenoxy) is 1. The molecule has 0 saturated heterocycles. The highest BCUT2D eigenvalue weighted by molar-refractivity contribution is 5.94. The molecule has 1 amide bonds. The van der Waals surface area contributed by atoms with Crippen molar-refractivity contribution in [3.63, 3.8) is 0 Å². The van der Waals surface area contributed by atoms with Crippen LogP contribution in [0.1, 0.15) is 47.8 Å². The lowest BCUT2D eigenvalue weighted by Gasteiger charge is -2.19. The number of amides is 1. The Bertz CT molecular complexity index is 670. The summed E-state index contributed by atoms with van der Waals surface area (Å²) in [6.45, 7) is 4.05. The molecule has 1 aromatic carbocycles. The van der Waals surface area contributed by atoms with Gasteiger partial charge in [0.05, 0.1) is 7.11 Å². The van der Waals surface area contributed by atoms with Crippen LogP contribution in [0.5, 0.6) is 5.75 Å². The maximum Gasteiger partial charge on any atom is 0.251 e. The Morgan fingerprint density at radius 3 is 2.83 bits per heavy atom. The van der Waals surface area contributed by atoms with Gasteiger partial charge in [-0.3, -0.25) is 9.78 Å². The first-order valence-electron chi connectivity index (χ1n) is 8.48. The van der Waals surface area contributed by atoms with Gasteiger partial charge in [0, 0.05) is 23.5 Å². The zero-order valence-electron chi connectivity index (χ0n) is 14.7. The second kappa shape index (κ2) is 9.06. The number of aromatic nitrogens is 1. The van der Waals surface area contributed by atoms with Gasteiger partial charge in [0.15, 0.2) is 0 Å². The summed E-state index contributed by atoms with van der Waals surface area (Å²) >= 11 is 0. The van der Waals surface area contributed by atoms with Crippen molar-refractivity contribution in [2.75, 3.05) is 7.11 Å². The number of unbranched alkanes of at least 4 members (excludes halogenated alkanes) is 1. The van der Waals surface area contributed by atoms with Crippen molar-refractivity contribution in [3.8, 4) is 5.75 Å². The molecule has 0 spiro atoms. The molecule has 1 atom stereocenters. The fraction of sp³-hybridized carbons (Fsp3) is 0.400. The van der Waals surface area contributed by atoms with Crippen LogP contribution < -0.4 is 10.1 Å². The Labute approximate surface area is 144 Å². The Balaban J connectivity index is 2.08. The van der Waals surface area contributed by atoms with Crippen LogP contribution in [-0.4, -0.2) is 24.0 Å². The van der Waals surface area contributed by atoms with Gasteiger partial charge in [-0.05, 0) is 49.6 Å². The minimum absolute atomic E-state index is 0.0375. The van der Waals surface area contributed by atoms with Crippen molar-refractivity contribution in [1.29, 1.82) is 0 Å². The van der Waals surface area contributed by atoms with Gasteiger partial charge in [0.1, 0.15) is 5.75 Å². The highest BCUT2D eigenvalue weighted by Crippen LogP contribution is 2.16. The lowest BCUT2D eigenvalue weighted by molar-refractivity contribution is 0.0934. The van der Waals surface area contributed by atoms with E-state index in [0.29, 0.717) is 5.56 Å².